The highest BCUT2D eigenvalue weighted by molar-refractivity contribution is 7.17. The predicted molar refractivity (Wildman–Crippen MR) is 82.3 cm³/mol. The van der Waals surface area contributed by atoms with Crippen LogP contribution in [0, 0.1) is 6.92 Å². The molecule has 0 spiro atoms. The Morgan fingerprint density at radius 3 is 2.43 bits per heavy atom. The first-order valence-corrected chi connectivity index (χ1v) is 7.68. The van der Waals surface area contributed by atoms with Crippen molar-refractivity contribution in [1.29, 1.82) is 0 Å². The van der Waals surface area contributed by atoms with E-state index in [4.69, 9.17) is 9.84 Å². The number of thiazole rings is 1. The Kier molecular flexibility index (Phi) is 5.71. The monoisotopic (exact) mass is 314 g/mol. The van der Waals surface area contributed by atoms with Gasteiger partial charge in [-0.05, 0) is 34.1 Å². The molecule has 0 aliphatic heterocycles. The summed E-state index contributed by atoms with van der Waals surface area (Å²) in [5.41, 5.74) is -0.198. The molecule has 0 fully saturated rings. The maximum Gasteiger partial charge on any atom is 0.416 e. The van der Waals surface area contributed by atoms with E-state index in [1.807, 2.05) is 6.92 Å². The molecule has 1 aromatic rings. The zero-order chi connectivity index (χ0) is 16.2. The molecule has 118 valence electrons. The smallest absolute Gasteiger partial charge is 0.416 e. The average molecular weight is 314 g/mol. The first-order chi connectivity index (χ1) is 9.65. The summed E-state index contributed by atoms with van der Waals surface area (Å²) < 4.78 is 5.37. The number of aromatic nitrogens is 1. The third kappa shape index (κ3) is 5.00. The largest absolute Gasteiger partial charge is 0.477 e. The number of carbonyl (C=O) groups is 2. The molecule has 0 aliphatic rings. The second-order valence-corrected chi connectivity index (χ2v) is 6.68. The number of aryl methyl sites for hydroxylation is 1. The Morgan fingerprint density at radius 2 is 2.00 bits per heavy atom. The van der Waals surface area contributed by atoms with Crippen molar-refractivity contribution in [1.82, 2.24) is 4.98 Å². The van der Waals surface area contributed by atoms with Crippen LogP contribution in [-0.2, 0) is 4.74 Å². The summed E-state index contributed by atoms with van der Waals surface area (Å²) >= 11 is 0.995. The van der Waals surface area contributed by atoms with Gasteiger partial charge in [0.15, 0.2) is 5.13 Å². The fourth-order valence-electron chi connectivity index (χ4n) is 1.59. The Balaban J connectivity index is 3.04. The van der Waals surface area contributed by atoms with E-state index in [1.54, 1.807) is 27.7 Å². The third-order valence-electron chi connectivity index (χ3n) is 2.56. The van der Waals surface area contributed by atoms with E-state index >= 15 is 0 Å². The molecule has 0 aliphatic carbocycles. The molecule has 0 unspecified atom stereocenters. The van der Waals surface area contributed by atoms with Crippen LogP contribution in [0.3, 0.4) is 0 Å². The van der Waals surface area contributed by atoms with Crippen LogP contribution in [0.5, 0.6) is 0 Å². The van der Waals surface area contributed by atoms with E-state index in [0.29, 0.717) is 17.4 Å². The summed E-state index contributed by atoms with van der Waals surface area (Å²) in [4.78, 5) is 29.1. The number of aromatic carboxylic acids is 1. The molecule has 1 aromatic heterocycles. The zero-order valence-corrected chi connectivity index (χ0v) is 13.9. The summed E-state index contributed by atoms with van der Waals surface area (Å²) in [5, 5.41) is 9.47. The van der Waals surface area contributed by atoms with Gasteiger partial charge in [0.1, 0.15) is 10.5 Å². The normalized spacial score (nSPS) is 11.3. The number of carboxylic acid groups (broad SMARTS) is 1. The number of hydrogen-bond donors (Lipinski definition) is 1. The Hall–Kier alpha value is -1.63. The molecular weight excluding hydrogens is 292 g/mol. The molecule has 1 heterocycles. The van der Waals surface area contributed by atoms with Gasteiger partial charge >= 0.3 is 12.1 Å². The standard InChI is InChI=1S/C14H22N2O4S/c1-6-7-8-16(13(19)20-14(3,4)5)12-15-9(2)10(21-12)11(17)18/h6-8H2,1-5H3,(H,17,18). The van der Waals surface area contributed by atoms with Gasteiger partial charge in [-0.1, -0.05) is 24.7 Å². The predicted octanol–water partition coefficient (Wildman–Crippen LogP) is 3.69. The van der Waals surface area contributed by atoms with Gasteiger partial charge in [0.05, 0.1) is 5.69 Å². The van der Waals surface area contributed by atoms with Crippen LogP contribution in [0.1, 0.15) is 55.9 Å². The zero-order valence-electron chi connectivity index (χ0n) is 13.1. The average Bonchev–Trinajstić information content (AvgIpc) is 2.69. The number of carbonyl (C=O) groups excluding carboxylic acids is 1. The maximum atomic E-state index is 12.3. The lowest BCUT2D eigenvalue weighted by Crippen LogP contribution is -2.37. The van der Waals surface area contributed by atoms with Crippen LogP contribution in [-0.4, -0.2) is 34.3 Å². The summed E-state index contributed by atoms with van der Waals surface area (Å²) in [6, 6.07) is 0. The van der Waals surface area contributed by atoms with Crippen molar-refractivity contribution in [3.05, 3.63) is 10.6 Å². The lowest BCUT2D eigenvalue weighted by atomic mass is 10.2. The van der Waals surface area contributed by atoms with E-state index in [-0.39, 0.29) is 4.88 Å². The van der Waals surface area contributed by atoms with Gasteiger partial charge < -0.3 is 9.84 Å². The van der Waals surface area contributed by atoms with Crippen LogP contribution in [0.4, 0.5) is 9.93 Å². The number of nitrogens with zero attached hydrogens (tertiary/aromatic N) is 2. The first kappa shape index (κ1) is 17.4. The van der Waals surface area contributed by atoms with Crippen molar-refractivity contribution < 1.29 is 19.4 Å². The Morgan fingerprint density at radius 1 is 1.38 bits per heavy atom. The second kappa shape index (κ2) is 6.89. The molecule has 0 saturated heterocycles. The van der Waals surface area contributed by atoms with Gasteiger partial charge in [0, 0.05) is 6.54 Å². The molecule has 21 heavy (non-hydrogen) atoms. The van der Waals surface area contributed by atoms with E-state index in [2.05, 4.69) is 4.98 Å². The van der Waals surface area contributed by atoms with Crippen LogP contribution < -0.4 is 4.90 Å². The second-order valence-electron chi connectivity index (χ2n) is 5.70. The quantitative estimate of drug-likeness (QED) is 0.896. The number of carboxylic acids is 1. The molecule has 0 saturated carbocycles. The van der Waals surface area contributed by atoms with Gasteiger partial charge in [-0.25, -0.2) is 14.6 Å². The van der Waals surface area contributed by atoms with Gasteiger partial charge in [-0.2, -0.15) is 0 Å². The maximum absolute atomic E-state index is 12.3. The molecule has 0 bridgehead atoms. The fraction of sp³-hybridized carbons (Fsp3) is 0.643. The molecule has 1 amide bonds. The fourth-order valence-corrected chi connectivity index (χ4v) is 2.52. The lowest BCUT2D eigenvalue weighted by Gasteiger charge is -2.25. The lowest BCUT2D eigenvalue weighted by molar-refractivity contribution is 0.0579. The first-order valence-electron chi connectivity index (χ1n) is 6.87. The number of amides is 1. The van der Waals surface area contributed by atoms with Gasteiger partial charge in [0.2, 0.25) is 0 Å². The number of unbranched alkanes of at least 4 members (excludes halogenated alkanes) is 1. The van der Waals surface area contributed by atoms with Crippen molar-refractivity contribution in [3.63, 3.8) is 0 Å². The number of hydrogen-bond acceptors (Lipinski definition) is 5. The minimum atomic E-state index is -1.03. The van der Waals surface area contributed by atoms with Gasteiger partial charge in [-0.3, -0.25) is 4.90 Å². The SMILES string of the molecule is CCCCN(C(=O)OC(C)(C)C)c1nc(C)c(C(=O)O)s1. The highest BCUT2D eigenvalue weighted by Crippen LogP contribution is 2.27. The van der Waals surface area contributed by atoms with E-state index in [1.165, 1.54) is 4.90 Å². The van der Waals surface area contributed by atoms with E-state index in [9.17, 15) is 9.59 Å². The molecule has 1 N–H and O–H groups in total. The summed E-state index contributed by atoms with van der Waals surface area (Å²) in [5.74, 6) is -1.03. The van der Waals surface area contributed by atoms with Crippen LogP contribution in [0.2, 0.25) is 0 Å². The molecule has 0 aromatic carbocycles. The Bertz CT molecular complexity index is 520. The highest BCUT2D eigenvalue weighted by atomic mass is 32.1. The number of ether oxygens (including phenoxy) is 1. The van der Waals surface area contributed by atoms with Crippen molar-refractivity contribution in [2.45, 2.75) is 53.1 Å². The summed E-state index contributed by atoms with van der Waals surface area (Å²) in [6.45, 7) is 9.47. The van der Waals surface area contributed by atoms with Crippen LogP contribution in [0.25, 0.3) is 0 Å². The minimum Gasteiger partial charge on any atom is -0.477 e. The van der Waals surface area contributed by atoms with Gasteiger partial charge in [0.25, 0.3) is 0 Å². The minimum absolute atomic E-state index is 0.148. The summed E-state index contributed by atoms with van der Waals surface area (Å²) in [6.07, 6.45) is 1.21. The van der Waals surface area contributed by atoms with E-state index in [0.717, 1.165) is 24.2 Å². The highest BCUT2D eigenvalue weighted by Gasteiger charge is 2.27. The van der Waals surface area contributed by atoms with Crippen LogP contribution in [0.15, 0.2) is 0 Å². The van der Waals surface area contributed by atoms with Crippen molar-refractivity contribution in [2.75, 3.05) is 11.4 Å². The third-order valence-corrected chi connectivity index (χ3v) is 3.73. The molecule has 0 atom stereocenters. The van der Waals surface area contributed by atoms with E-state index < -0.39 is 17.7 Å². The number of anilines is 1. The molecule has 0 radical (unpaired) electrons. The molecule has 7 heteroatoms. The van der Waals surface area contributed by atoms with Crippen LogP contribution >= 0.6 is 11.3 Å². The van der Waals surface area contributed by atoms with Gasteiger partial charge in [-0.15, -0.1) is 0 Å². The Labute approximate surface area is 128 Å². The summed E-state index contributed by atoms with van der Waals surface area (Å²) in [7, 11) is 0. The molecule has 6 nitrogen and oxygen atoms in total. The van der Waals surface area contributed by atoms with Crippen molar-refractivity contribution >= 4 is 28.5 Å². The number of rotatable bonds is 5. The molecular formula is C14H22N2O4S. The van der Waals surface area contributed by atoms with Crippen molar-refractivity contribution in [3.8, 4) is 0 Å². The molecule has 1 rings (SSSR count). The topological polar surface area (TPSA) is 79.7 Å². The van der Waals surface area contributed by atoms with Crippen molar-refractivity contribution in [2.24, 2.45) is 0 Å².